The van der Waals surface area contributed by atoms with Crippen molar-refractivity contribution < 1.29 is 18.3 Å². The van der Waals surface area contributed by atoms with E-state index in [0.717, 1.165) is 29.9 Å². The maximum Gasteiger partial charge on any atom is 0.270 e. The third-order valence-electron chi connectivity index (χ3n) is 5.98. The van der Waals surface area contributed by atoms with Gasteiger partial charge in [0, 0.05) is 24.9 Å². The van der Waals surface area contributed by atoms with Crippen LogP contribution in [0.5, 0.6) is 5.75 Å². The van der Waals surface area contributed by atoms with Crippen LogP contribution in [-0.2, 0) is 6.42 Å². The highest BCUT2D eigenvalue weighted by molar-refractivity contribution is 5.98. The molecule has 0 aliphatic carbocycles. The van der Waals surface area contributed by atoms with Crippen molar-refractivity contribution in [1.82, 2.24) is 14.9 Å². The first-order valence-electron chi connectivity index (χ1n) is 10.7. The zero-order valence-electron chi connectivity index (χ0n) is 17.8. The molecular formula is C25H24FN3O3. The van der Waals surface area contributed by atoms with Gasteiger partial charge in [0.05, 0.1) is 24.7 Å². The highest BCUT2D eigenvalue weighted by Crippen LogP contribution is 2.29. The standard InChI is InChI=1S/C25H24FN3O3/c1-31-19-8-2-5-16(11-19)12-20-14-27-24(32-20)18-7-4-10-29(15-18)25(30)22-13-17-6-3-9-21(26)23(17)28-22/h2-3,5-6,8-9,11,13-14,18,28H,4,7,10,12,15H2,1H3/t18-/m1/s1. The maximum absolute atomic E-state index is 14.0. The number of rotatable bonds is 5. The van der Waals surface area contributed by atoms with E-state index in [4.69, 9.17) is 9.15 Å². The molecule has 1 fully saturated rings. The summed E-state index contributed by atoms with van der Waals surface area (Å²) in [5.74, 6) is 1.79. The first-order valence-corrected chi connectivity index (χ1v) is 10.7. The third kappa shape index (κ3) is 3.98. The van der Waals surface area contributed by atoms with Crippen LogP contribution in [0.25, 0.3) is 10.9 Å². The second-order valence-electron chi connectivity index (χ2n) is 8.17. The van der Waals surface area contributed by atoms with Crippen molar-refractivity contribution in [2.24, 2.45) is 0 Å². The molecule has 1 saturated heterocycles. The molecule has 6 nitrogen and oxygen atoms in total. The molecule has 0 radical (unpaired) electrons. The number of para-hydroxylation sites is 1. The van der Waals surface area contributed by atoms with E-state index < -0.39 is 0 Å². The number of methoxy groups -OCH3 is 1. The lowest BCUT2D eigenvalue weighted by Gasteiger charge is -2.31. The minimum Gasteiger partial charge on any atom is -0.497 e. The summed E-state index contributed by atoms with van der Waals surface area (Å²) >= 11 is 0. The van der Waals surface area contributed by atoms with Crippen LogP contribution in [0.2, 0.25) is 0 Å². The van der Waals surface area contributed by atoms with Gasteiger partial charge >= 0.3 is 0 Å². The van der Waals surface area contributed by atoms with E-state index in [1.165, 1.54) is 6.07 Å². The van der Waals surface area contributed by atoms with Crippen molar-refractivity contribution in [3.05, 3.63) is 83.5 Å². The number of hydrogen-bond acceptors (Lipinski definition) is 4. The van der Waals surface area contributed by atoms with Gasteiger partial charge in [-0.05, 0) is 42.7 Å². The van der Waals surface area contributed by atoms with E-state index in [9.17, 15) is 9.18 Å². The minimum absolute atomic E-state index is 0.0351. The number of fused-ring (bicyclic) bond motifs is 1. The van der Waals surface area contributed by atoms with E-state index in [2.05, 4.69) is 9.97 Å². The number of aromatic nitrogens is 2. The molecule has 4 aromatic rings. The van der Waals surface area contributed by atoms with Gasteiger partial charge in [0.2, 0.25) is 0 Å². The van der Waals surface area contributed by atoms with Gasteiger partial charge in [-0.1, -0.05) is 24.3 Å². The van der Waals surface area contributed by atoms with Gasteiger partial charge in [-0.25, -0.2) is 9.37 Å². The Morgan fingerprint density at radius 3 is 3.00 bits per heavy atom. The number of hydrogen-bond donors (Lipinski definition) is 1. The Morgan fingerprint density at radius 2 is 2.16 bits per heavy atom. The fourth-order valence-electron chi connectivity index (χ4n) is 4.34. The first kappa shape index (κ1) is 20.3. The van der Waals surface area contributed by atoms with E-state index >= 15 is 0 Å². The molecule has 2 aromatic carbocycles. The second-order valence-corrected chi connectivity index (χ2v) is 8.17. The SMILES string of the molecule is COc1cccc(Cc2cnc([C@@H]3CCCN(C(=O)c4cc5cccc(F)c5[nH]4)C3)o2)c1. The van der Waals surface area contributed by atoms with Crippen LogP contribution in [0, 0.1) is 5.82 Å². The number of piperidine rings is 1. The largest absolute Gasteiger partial charge is 0.497 e. The van der Waals surface area contributed by atoms with Crippen molar-refractivity contribution in [3.63, 3.8) is 0 Å². The van der Waals surface area contributed by atoms with Crippen molar-refractivity contribution in [2.75, 3.05) is 20.2 Å². The van der Waals surface area contributed by atoms with Crippen LogP contribution in [-0.4, -0.2) is 41.0 Å². The second kappa shape index (κ2) is 8.49. The molecule has 3 heterocycles. The van der Waals surface area contributed by atoms with Gasteiger partial charge in [-0.3, -0.25) is 4.79 Å². The van der Waals surface area contributed by atoms with Gasteiger partial charge in [-0.2, -0.15) is 0 Å². The van der Waals surface area contributed by atoms with Crippen LogP contribution in [0.1, 0.15) is 46.5 Å². The molecule has 1 atom stereocenters. The molecule has 1 amide bonds. The Labute approximate surface area is 185 Å². The number of benzene rings is 2. The topological polar surface area (TPSA) is 71.4 Å². The number of H-pyrrole nitrogens is 1. The van der Waals surface area contributed by atoms with Crippen molar-refractivity contribution >= 4 is 16.8 Å². The summed E-state index contributed by atoms with van der Waals surface area (Å²) in [4.78, 5) is 22.3. The van der Waals surface area contributed by atoms with Crippen LogP contribution < -0.4 is 4.74 Å². The van der Waals surface area contributed by atoms with Gasteiger partial charge < -0.3 is 19.0 Å². The Kier molecular flexibility index (Phi) is 5.39. The predicted molar refractivity (Wildman–Crippen MR) is 118 cm³/mol. The number of halogens is 1. The Bertz CT molecular complexity index is 1260. The fraction of sp³-hybridized carbons (Fsp3) is 0.280. The molecule has 32 heavy (non-hydrogen) atoms. The lowest BCUT2D eigenvalue weighted by Crippen LogP contribution is -2.39. The van der Waals surface area contributed by atoms with Crippen LogP contribution in [0.3, 0.4) is 0 Å². The highest BCUT2D eigenvalue weighted by atomic mass is 19.1. The molecule has 5 rings (SSSR count). The average Bonchev–Trinajstić information content (AvgIpc) is 3.47. The number of nitrogens with zero attached hydrogens (tertiary/aromatic N) is 2. The molecule has 0 saturated carbocycles. The lowest BCUT2D eigenvalue weighted by atomic mass is 9.97. The van der Waals surface area contributed by atoms with E-state index in [0.29, 0.717) is 42.0 Å². The molecule has 0 spiro atoms. The number of oxazole rings is 1. The zero-order valence-corrected chi connectivity index (χ0v) is 17.8. The lowest BCUT2D eigenvalue weighted by molar-refractivity contribution is 0.0693. The number of amides is 1. The van der Waals surface area contributed by atoms with E-state index in [-0.39, 0.29) is 17.6 Å². The molecule has 164 valence electrons. The molecule has 1 N–H and O–H groups in total. The molecule has 0 unspecified atom stereocenters. The molecule has 2 aromatic heterocycles. The molecule has 7 heteroatoms. The third-order valence-corrected chi connectivity index (χ3v) is 5.98. The smallest absolute Gasteiger partial charge is 0.270 e. The number of nitrogens with one attached hydrogen (secondary N) is 1. The number of ether oxygens (including phenoxy) is 1. The van der Waals surface area contributed by atoms with Gasteiger partial charge in [0.1, 0.15) is 23.0 Å². The van der Waals surface area contributed by atoms with Gasteiger partial charge in [0.15, 0.2) is 5.89 Å². The van der Waals surface area contributed by atoms with Crippen LogP contribution in [0.4, 0.5) is 4.39 Å². The maximum atomic E-state index is 14.0. The summed E-state index contributed by atoms with van der Waals surface area (Å²) in [5, 5.41) is 0.691. The average molecular weight is 433 g/mol. The number of aromatic amines is 1. The predicted octanol–water partition coefficient (Wildman–Crippen LogP) is 4.91. The van der Waals surface area contributed by atoms with Crippen molar-refractivity contribution in [1.29, 1.82) is 0 Å². The Morgan fingerprint density at radius 1 is 1.28 bits per heavy atom. The number of carbonyl (C=O) groups is 1. The summed E-state index contributed by atoms with van der Waals surface area (Å²) in [6.07, 6.45) is 4.15. The molecule has 0 bridgehead atoms. The molecule has 1 aliphatic rings. The fourth-order valence-corrected chi connectivity index (χ4v) is 4.34. The number of carbonyl (C=O) groups excluding carboxylic acids is 1. The molecular weight excluding hydrogens is 409 g/mol. The summed E-state index contributed by atoms with van der Waals surface area (Å²) < 4.78 is 25.3. The van der Waals surface area contributed by atoms with Crippen molar-refractivity contribution in [2.45, 2.75) is 25.2 Å². The summed E-state index contributed by atoms with van der Waals surface area (Å²) in [7, 11) is 1.65. The van der Waals surface area contributed by atoms with Gasteiger partial charge in [0.25, 0.3) is 5.91 Å². The zero-order chi connectivity index (χ0) is 22.1. The quantitative estimate of drug-likeness (QED) is 0.485. The summed E-state index contributed by atoms with van der Waals surface area (Å²) in [5.41, 5.74) is 1.84. The normalized spacial score (nSPS) is 16.4. The van der Waals surface area contributed by atoms with E-state index in [1.807, 2.05) is 24.3 Å². The van der Waals surface area contributed by atoms with Crippen LogP contribution in [0.15, 0.2) is 59.1 Å². The van der Waals surface area contributed by atoms with Crippen LogP contribution >= 0.6 is 0 Å². The summed E-state index contributed by atoms with van der Waals surface area (Å²) in [6.45, 7) is 1.18. The molecule has 1 aliphatic heterocycles. The summed E-state index contributed by atoms with van der Waals surface area (Å²) in [6, 6.07) is 14.4. The van der Waals surface area contributed by atoms with E-state index in [1.54, 1.807) is 36.4 Å². The Hall–Kier alpha value is -3.61. The number of likely N-dealkylation sites (tertiary alicyclic amines) is 1. The van der Waals surface area contributed by atoms with Crippen molar-refractivity contribution in [3.8, 4) is 5.75 Å². The monoisotopic (exact) mass is 433 g/mol. The minimum atomic E-state index is -0.360. The first-order chi connectivity index (χ1) is 15.6. The van der Waals surface area contributed by atoms with Gasteiger partial charge in [-0.15, -0.1) is 0 Å². The Balaban J connectivity index is 1.29. The highest BCUT2D eigenvalue weighted by Gasteiger charge is 2.29.